The fourth-order valence-electron chi connectivity index (χ4n) is 1.26. The highest BCUT2D eigenvalue weighted by molar-refractivity contribution is 5.82. The second-order valence-electron chi connectivity index (χ2n) is 2.52. The highest BCUT2D eigenvalue weighted by Crippen LogP contribution is 2.03. The highest BCUT2D eigenvalue weighted by atomic mass is 15.3. The first-order valence-corrected chi connectivity index (χ1v) is 3.68. The maximum absolute atomic E-state index is 4.30. The molecule has 2 rings (SSSR count). The van der Waals surface area contributed by atoms with Crippen LogP contribution < -0.4 is 5.32 Å². The van der Waals surface area contributed by atoms with E-state index in [1.54, 1.807) is 0 Å². The largest absolute Gasteiger partial charge is 0.356 e. The summed E-state index contributed by atoms with van der Waals surface area (Å²) >= 11 is 0. The van der Waals surface area contributed by atoms with Gasteiger partial charge in [-0.15, -0.1) is 0 Å². The molecule has 0 atom stereocenters. The van der Waals surface area contributed by atoms with Crippen LogP contribution in [0.2, 0.25) is 0 Å². The Bertz CT molecular complexity index is 183. The number of hydrogen-bond donors (Lipinski definition) is 1. The number of nitrogens with one attached hydrogen (secondary N) is 1. The minimum atomic E-state index is 0.832. The number of aliphatic imine (C=N–C) groups is 1. The maximum Gasteiger partial charge on any atom is 0.198 e. The molecule has 0 radical (unpaired) electrons. The summed E-state index contributed by atoms with van der Waals surface area (Å²) in [5.41, 5.74) is 0. The monoisotopic (exact) mass is 137 g/mol. The third kappa shape index (κ3) is 0.875. The van der Waals surface area contributed by atoms with E-state index in [9.17, 15) is 0 Å². The van der Waals surface area contributed by atoms with E-state index < -0.39 is 0 Å². The summed E-state index contributed by atoms with van der Waals surface area (Å²) in [5.74, 6) is 1.05. The standard InChI is InChI=1S/C7H11N3/c1-3-8-7-9-4-2-6-10(7)5-1/h1,5H,2-4,6H2,(H,8,9). The summed E-state index contributed by atoms with van der Waals surface area (Å²) in [6, 6.07) is 0. The first-order valence-electron chi connectivity index (χ1n) is 3.68. The van der Waals surface area contributed by atoms with Gasteiger partial charge < -0.3 is 10.2 Å². The molecule has 3 nitrogen and oxygen atoms in total. The quantitative estimate of drug-likeness (QED) is 0.515. The fourth-order valence-corrected chi connectivity index (χ4v) is 1.26. The topological polar surface area (TPSA) is 27.6 Å². The van der Waals surface area contributed by atoms with Crippen molar-refractivity contribution < 1.29 is 0 Å². The molecular formula is C7H11N3. The molecule has 0 amide bonds. The summed E-state index contributed by atoms with van der Waals surface area (Å²) in [7, 11) is 0. The average Bonchev–Trinajstić information content (AvgIpc) is 2.05. The van der Waals surface area contributed by atoms with Crippen LogP contribution in [0.1, 0.15) is 6.42 Å². The lowest BCUT2D eigenvalue weighted by Gasteiger charge is -2.29. The van der Waals surface area contributed by atoms with Crippen LogP contribution in [0.25, 0.3) is 0 Å². The summed E-state index contributed by atoms with van der Waals surface area (Å²) in [6.45, 7) is 3.02. The molecule has 0 spiro atoms. The van der Waals surface area contributed by atoms with Gasteiger partial charge in [-0.2, -0.15) is 0 Å². The normalized spacial score (nSPS) is 23.2. The van der Waals surface area contributed by atoms with E-state index in [1.165, 1.54) is 6.42 Å². The van der Waals surface area contributed by atoms with Crippen molar-refractivity contribution >= 4 is 5.96 Å². The molecule has 2 heterocycles. The zero-order valence-electron chi connectivity index (χ0n) is 5.88. The summed E-state index contributed by atoms with van der Waals surface area (Å²) in [4.78, 5) is 6.46. The fraction of sp³-hybridized carbons (Fsp3) is 0.571. The molecule has 0 aromatic carbocycles. The van der Waals surface area contributed by atoms with Crippen molar-refractivity contribution in [2.24, 2.45) is 4.99 Å². The average molecular weight is 137 g/mol. The van der Waals surface area contributed by atoms with Crippen molar-refractivity contribution in [3.05, 3.63) is 12.3 Å². The Morgan fingerprint density at radius 2 is 2.60 bits per heavy atom. The Morgan fingerprint density at radius 3 is 3.50 bits per heavy atom. The van der Waals surface area contributed by atoms with Crippen molar-refractivity contribution in [2.45, 2.75) is 6.42 Å². The summed E-state index contributed by atoms with van der Waals surface area (Å²) in [5, 5.41) is 3.25. The molecule has 1 saturated heterocycles. The minimum absolute atomic E-state index is 0.832. The lowest BCUT2D eigenvalue weighted by molar-refractivity contribution is 0.459. The zero-order valence-corrected chi connectivity index (χ0v) is 5.88. The second kappa shape index (κ2) is 2.33. The van der Waals surface area contributed by atoms with Crippen molar-refractivity contribution in [1.29, 1.82) is 0 Å². The van der Waals surface area contributed by atoms with Crippen LogP contribution in [0.4, 0.5) is 0 Å². The van der Waals surface area contributed by atoms with Gasteiger partial charge in [0, 0.05) is 19.3 Å². The first kappa shape index (κ1) is 5.77. The van der Waals surface area contributed by atoms with Gasteiger partial charge in [0.25, 0.3) is 0 Å². The van der Waals surface area contributed by atoms with E-state index in [0.29, 0.717) is 0 Å². The number of nitrogens with zero attached hydrogens (tertiary/aromatic N) is 2. The van der Waals surface area contributed by atoms with Gasteiger partial charge in [0.2, 0.25) is 0 Å². The van der Waals surface area contributed by atoms with Crippen molar-refractivity contribution in [2.75, 3.05) is 19.6 Å². The van der Waals surface area contributed by atoms with E-state index in [4.69, 9.17) is 0 Å². The van der Waals surface area contributed by atoms with Gasteiger partial charge in [0.15, 0.2) is 5.96 Å². The lowest BCUT2D eigenvalue weighted by Crippen LogP contribution is -2.45. The predicted molar refractivity (Wildman–Crippen MR) is 40.8 cm³/mol. The smallest absolute Gasteiger partial charge is 0.198 e. The summed E-state index contributed by atoms with van der Waals surface area (Å²) in [6.07, 6.45) is 5.40. The van der Waals surface area contributed by atoms with Crippen LogP contribution in [-0.2, 0) is 0 Å². The van der Waals surface area contributed by atoms with Gasteiger partial charge in [0.1, 0.15) is 0 Å². The summed E-state index contributed by atoms with van der Waals surface area (Å²) < 4.78 is 0. The molecule has 0 unspecified atom stereocenters. The molecule has 1 N–H and O–H groups in total. The van der Waals surface area contributed by atoms with Crippen molar-refractivity contribution in [1.82, 2.24) is 10.2 Å². The molecule has 0 aliphatic carbocycles. The van der Waals surface area contributed by atoms with Gasteiger partial charge in [0.05, 0.1) is 6.54 Å². The van der Waals surface area contributed by atoms with Crippen molar-refractivity contribution in [3.8, 4) is 0 Å². The van der Waals surface area contributed by atoms with Crippen LogP contribution >= 0.6 is 0 Å². The Labute approximate surface area is 60.4 Å². The van der Waals surface area contributed by atoms with Crippen LogP contribution in [0.5, 0.6) is 0 Å². The van der Waals surface area contributed by atoms with Gasteiger partial charge >= 0.3 is 0 Å². The van der Waals surface area contributed by atoms with Crippen LogP contribution in [0.15, 0.2) is 17.3 Å². The first-order chi connectivity index (χ1) is 4.97. The van der Waals surface area contributed by atoms with Crippen LogP contribution in [-0.4, -0.2) is 30.5 Å². The number of hydrogen-bond acceptors (Lipinski definition) is 3. The zero-order chi connectivity index (χ0) is 6.81. The molecule has 0 saturated carbocycles. The molecular weight excluding hydrogens is 126 g/mol. The predicted octanol–water partition coefficient (Wildman–Crippen LogP) is 0.165. The number of guanidine groups is 1. The molecule has 2 aliphatic rings. The number of rotatable bonds is 0. The second-order valence-corrected chi connectivity index (χ2v) is 2.52. The van der Waals surface area contributed by atoms with E-state index in [0.717, 1.165) is 25.6 Å². The Morgan fingerprint density at radius 1 is 1.60 bits per heavy atom. The third-order valence-electron chi connectivity index (χ3n) is 1.76. The van der Waals surface area contributed by atoms with E-state index in [-0.39, 0.29) is 0 Å². The van der Waals surface area contributed by atoms with Crippen LogP contribution in [0.3, 0.4) is 0 Å². The van der Waals surface area contributed by atoms with E-state index in [1.807, 2.05) is 0 Å². The van der Waals surface area contributed by atoms with Crippen molar-refractivity contribution in [3.63, 3.8) is 0 Å². The van der Waals surface area contributed by atoms with E-state index >= 15 is 0 Å². The molecule has 1 fully saturated rings. The minimum Gasteiger partial charge on any atom is -0.356 e. The molecule has 2 aliphatic heterocycles. The molecule has 0 aromatic rings. The van der Waals surface area contributed by atoms with Gasteiger partial charge in [-0.25, -0.2) is 4.99 Å². The van der Waals surface area contributed by atoms with Gasteiger partial charge in [-0.1, -0.05) is 0 Å². The van der Waals surface area contributed by atoms with Gasteiger partial charge in [-0.3, -0.25) is 0 Å². The molecule has 0 aromatic heterocycles. The Kier molecular flexibility index (Phi) is 1.34. The molecule has 3 heteroatoms. The third-order valence-corrected chi connectivity index (χ3v) is 1.76. The van der Waals surface area contributed by atoms with E-state index in [2.05, 4.69) is 27.5 Å². The van der Waals surface area contributed by atoms with Gasteiger partial charge in [-0.05, 0) is 12.5 Å². The highest BCUT2D eigenvalue weighted by Gasteiger charge is 2.13. The Hall–Kier alpha value is -0.990. The maximum atomic E-state index is 4.30. The van der Waals surface area contributed by atoms with Crippen LogP contribution in [0, 0.1) is 0 Å². The Balaban J connectivity index is 2.13. The number of fused-ring (bicyclic) bond motifs is 1. The lowest BCUT2D eigenvalue weighted by atomic mass is 10.3. The molecule has 54 valence electrons. The molecule has 0 bridgehead atoms. The SMILES string of the molecule is C1=CN2CCCNC2=NC1. The molecule has 10 heavy (non-hydrogen) atoms.